The molecule has 2 rings (SSSR count). The number of piperidine rings is 2. The van der Waals surface area contributed by atoms with Gasteiger partial charge in [-0.2, -0.15) is 0 Å². The third-order valence-corrected chi connectivity index (χ3v) is 4.95. The second-order valence-electron chi connectivity index (χ2n) is 6.56. The van der Waals surface area contributed by atoms with Gasteiger partial charge in [0, 0.05) is 45.2 Å². The molecule has 1 amide bonds. The Bertz CT molecular complexity index is 314. The number of hydrogen-bond acceptors (Lipinski definition) is 3. The van der Waals surface area contributed by atoms with Gasteiger partial charge in [-0.15, -0.1) is 0 Å². The van der Waals surface area contributed by atoms with Crippen LogP contribution in [0.4, 0.5) is 0 Å². The molecule has 1 unspecified atom stereocenters. The largest absolute Gasteiger partial charge is 0.378 e. The van der Waals surface area contributed by atoms with Crippen LogP contribution in [-0.4, -0.2) is 60.6 Å². The number of likely N-dealkylation sites (tertiary alicyclic amines) is 2. The van der Waals surface area contributed by atoms with E-state index in [2.05, 4.69) is 23.6 Å². The molecule has 0 aromatic carbocycles. The highest BCUT2D eigenvalue weighted by Gasteiger charge is 2.28. The highest BCUT2D eigenvalue weighted by molar-refractivity contribution is 5.77. The highest BCUT2D eigenvalue weighted by Crippen LogP contribution is 2.21. The smallest absolute Gasteiger partial charge is 0.222 e. The first-order valence-electron chi connectivity index (χ1n) is 8.84. The fourth-order valence-electron chi connectivity index (χ4n) is 3.36. The van der Waals surface area contributed by atoms with Gasteiger partial charge in [0.15, 0.2) is 0 Å². The second-order valence-corrected chi connectivity index (χ2v) is 6.56. The van der Waals surface area contributed by atoms with Crippen molar-refractivity contribution in [2.75, 3.05) is 32.8 Å². The Morgan fingerprint density at radius 2 is 2.00 bits per heavy atom. The summed E-state index contributed by atoms with van der Waals surface area (Å²) in [6.07, 6.45) is 7.96. The average molecular weight is 296 g/mol. The van der Waals surface area contributed by atoms with Crippen LogP contribution in [0.25, 0.3) is 0 Å². The van der Waals surface area contributed by atoms with Gasteiger partial charge < -0.3 is 14.5 Å². The normalized spacial score (nSPS) is 23.5. The molecule has 2 aliphatic heterocycles. The first-order chi connectivity index (χ1) is 10.2. The number of carbonyl (C=O) groups excluding carboxylic acids is 1. The Balaban J connectivity index is 1.60. The summed E-state index contributed by atoms with van der Waals surface area (Å²) in [5.41, 5.74) is 0. The van der Waals surface area contributed by atoms with E-state index in [0.29, 0.717) is 18.1 Å². The predicted octanol–water partition coefficient (Wildman–Crippen LogP) is 2.67. The summed E-state index contributed by atoms with van der Waals surface area (Å²) in [6.45, 7) is 9.58. The third kappa shape index (κ3) is 5.26. The van der Waals surface area contributed by atoms with Crippen LogP contribution in [0.15, 0.2) is 0 Å². The molecule has 2 aliphatic rings. The minimum atomic E-state index is 0.390. The zero-order valence-electron chi connectivity index (χ0n) is 13.9. The second kappa shape index (κ2) is 8.74. The van der Waals surface area contributed by atoms with Crippen LogP contribution in [0.1, 0.15) is 58.8 Å². The van der Waals surface area contributed by atoms with Gasteiger partial charge in [0.1, 0.15) is 0 Å². The topological polar surface area (TPSA) is 32.8 Å². The maximum atomic E-state index is 12.0. The van der Waals surface area contributed by atoms with Crippen LogP contribution >= 0.6 is 0 Å². The van der Waals surface area contributed by atoms with E-state index in [1.54, 1.807) is 0 Å². The molecule has 0 spiro atoms. The highest BCUT2D eigenvalue weighted by atomic mass is 16.5. The lowest BCUT2D eigenvalue weighted by atomic mass is 9.99. The van der Waals surface area contributed by atoms with Crippen molar-refractivity contribution in [2.24, 2.45) is 0 Å². The number of ether oxygens (including phenoxy) is 1. The SMILES string of the molecule is CCC(C)OCCCN1CCC(N2CCCCC2=O)CC1. The van der Waals surface area contributed by atoms with Gasteiger partial charge in [0.05, 0.1) is 6.10 Å². The molecular formula is C17H32N2O2. The average Bonchev–Trinajstić information content (AvgIpc) is 2.52. The Kier molecular flexibility index (Phi) is 6.97. The quantitative estimate of drug-likeness (QED) is 0.677. The van der Waals surface area contributed by atoms with Gasteiger partial charge in [-0.05, 0) is 45.4 Å². The van der Waals surface area contributed by atoms with Crippen molar-refractivity contribution in [1.82, 2.24) is 9.80 Å². The predicted molar refractivity (Wildman–Crippen MR) is 85.3 cm³/mol. The first kappa shape index (κ1) is 16.8. The molecule has 0 aromatic heterocycles. The number of nitrogens with zero attached hydrogens (tertiary/aromatic N) is 2. The fourth-order valence-corrected chi connectivity index (χ4v) is 3.36. The Hall–Kier alpha value is -0.610. The minimum absolute atomic E-state index is 0.390. The van der Waals surface area contributed by atoms with Crippen LogP contribution in [0.3, 0.4) is 0 Å². The molecule has 1 atom stereocenters. The van der Waals surface area contributed by atoms with Crippen LogP contribution in [-0.2, 0) is 9.53 Å². The van der Waals surface area contributed by atoms with E-state index in [0.717, 1.165) is 71.3 Å². The van der Waals surface area contributed by atoms with Gasteiger partial charge in [-0.25, -0.2) is 0 Å². The summed E-state index contributed by atoms with van der Waals surface area (Å²) in [5.74, 6) is 0.390. The van der Waals surface area contributed by atoms with Crippen molar-refractivity contribution in [3.8, 4) is 0 Å². The molecule has 21 heavy (non-hydrogen) atoms. The van der Waals surface area contributed by atoms with Gasteiger partial charge in [0.2, 0.25) is 5.91 Å². The number of amides is 1. The van der Waals surface area contributed by atoms with Crippen molar-refractivity contribution < 1.29 is 9.53 Å². The molecule has 2 saturated heterocycles. The van der Waals surface area contributed by atoms with Gasteiger partial charge in [-0.1, -0.05) is 6.92 Å². The zero-order chi connectivity index (χ0) is 15.1. The van der Waals surface area contributed by atoms with Crippen LogP contribution < -0.4 is 0 Å². The molecule has 2 fully saturated rings. The van der Waals surface area contributed by atoms with Gasteiger partial charge in [-0.3, -0.25) is 4.79 Å². The number of rotatable bonds is 7. The number of hydrogen-bond donors (Lipinski definition) is 0. The maximum Gasteiger partial charge on any atom is 0.222 e. The minimum Gasteiger partial charge on any atom is -0.378 e. The Morgan fingerprint density at radius 1 is 1.24 bits per heavy atom. The van der Waals surface area contributed by atoms with Crippen molar-refractivity contribution in [3.63, 3.8) is 0 Å². The van der Waals surface area contributed by atoms with E-state index in [9.17, 15) is 4.79 Å². The zero-order valence-corrected chi connectivity index (χ0v) is 13.9. The fraction of sp³-hybridized carbons (Fsp3) is 0.941. The Morgan fingerprint density at radius 3 is 2.67 bits per heavy atom. The molecule has 4 nitrogen and oxygen atoms in total. The molecule has 122 valence electrons. The standard InChI is InChI=1S/C17H32N2O2/c1-3-15(2)21-14-6-10-18-12-8-16(9-13-18)19-11-5-4-7-17(19)20/h15-16H,3-14H2,1-2H3. The Labute approximate surface area is 129 Å². The van der Waals surface area contributed by atoms with E-state index in [4.69, 9.17) is 4.74 Å². The molecule has 0 N–H and O–H groups in total. The van der Waals surface area contributed by atoms with Crippen molar-refractivity contribution >= 4 is 5.91 Å². The summed E-state index contributed by atoms with van der Waals surface area (Å²) in [7, 11) is 0. The summed E-state index contributed by atoms with van der Waals surface area (Å²) in [5, 5.41) is 0. The lowest BCUT2D eigenvalue weighted by Gasteiger charge is -2.40. The molecule has 0 aromatic rings. The van der Waals surface area contributed by atoms with Crippen LogP contribution in [0, 0.1) is 0 Å². The van der Waals surface area contributed by atoms with E-state index in [-0.39, 0.29) is 0 Å². The van der Waals surface area contributed by atoms with Crippen molar-refractivity contribution in [1.29, 1.82) is 0 Å². The molecule has 0 bridgehead atoms. The number of carbonyl (C=O) groups is 1. The van der Waals surface area contributed by atoms with Gasteiger partial charge in [0.25, 0.3) is 0 Å². The molecule has 2 heterocycles. The van der Waals surface area contributed by atoms with Crippen LogP contribution in [0.2, 0.25) is 0 Å². The molecule has 0 radical (unpaired) electrons. The van der Waals surface area contributed by atoms with Crippen LogP contribution in [0.5, 0.6) is 0 Å². The molecule has 0 aliphatic carbocycles. The maximum absolute atomic E-state index is 12.0. The lowest BCUT2D eigenvalue weighted by Crippen LogP contribution is -2.49. The molecule has 0 saturated carbocycles. The molecular weight excluding hydrogens is 264 g/mol. The lowest BCUT2D eigenvalue weighted by molar-refractivity contribution is -0.136. The monoisotopic (exact) mass is 296 g/mol. The third-order valence-electron chi connectivity index (χ3n) is 4.95. The van der Waals surface area contributed by atoms with E-state index < -0.39 is 0 Å². The summed E-state index contributed by atoms with van der Waals surface area (Å²) < 4.78 is 5.73. The van der Waals surface area contributed by atoms with E-state index in [1.165, 1.54) is 6.42 Å². The van der Waals surface area contributed by atoms with Crippen molar-refractivity contribution in [2.45, 2.75) is 70.9 Å². The van der Waals surface area contributed by atoms with E-state index in [1.807, 2.05) is 0 Å². The summed E-state index contributed by atoms with van der Waals surface area (Å²) in [4.78, 5) is 16.7. The summed E-state index contributed by atoms with van der Waals surface area (Å²) >= 11 is 0. The van der Waals surface area contributed by atoms with Gasteiger partial charge >= 0.3 is 0 Å². The van der Waals surface area contributed by atoms with E-state index >= 15 is 0 Å². The first-order valence-corrected chi connectivity index (χ1v) is 8.84. The van der Waals surface area contributed by atoms with Crippen molar-refractivity contribution in [3.05, 3.63) is 0 Å². The molecule has 4 heteroatoms. The summed E-state index contributed by atoms with van der Waals surface area (Å²) in [6, 6.07) is 0.505.